The van der Waals surface area contributed by atoms with Crippen LogP contribution in [0.5, 0.6) is 0 Å². The van der Waals surface area contributed by atoms with Crippen molar-refractivity contribution in [3.05, 3.63) is 59.2 Å². The molecule has 2 aromatic carbocycles. The number of rotatable bonds is 9. The maximum atomic E-state index is 13.1. The van der Waals surface area contributed by atoms with Crippen LogP contribution in [0.2, 0.25) is 0 Å². The Balaban J connectivity index is 1.31. The van der Waals surface area contributed by atoms with E-state index in [-0.39, 0.29) is 17.9 Å². The quantitative estimate of drug-likeness (QED) is 0.157. The number of carbonyl (C=O) groups excluding carboxylic acids is 6. The van der Waals surface area contributed by atoms with Crippen LogP contribution in [-0.2, 0) is 28.5 Å². The number of benzene rings is 2. The van der Waals surface area contributed by atoms with E-state index in [1.807, 2.05) is 19.9 Å². The van der Waals surface area contributed by atoms with E-state index < -0.39 is 66.4 Å². The minimum atomic E-state index is -0.821. The topological polar surface area (TPSA) is 146 Å². The monoisotopic (exact) mass is 706 g/mol. The number of hydrogen-bond donors (Lipinski definition) is 0. The van der Waals surface area contributed by atoms with Gasteiger partial charge in [0.2, 0.25) is 5.78 Å². The first-order valence-electron chi connectivity index (χ1n) is 17.4. The summed E-state index contributed by atoms with van der Waals surface area (Å²) in [6.07, 6.45) is 0.903. The van der Waals surface area contributed by atoms with E-state index in [1.54, 1.807) is 84.9 Å². The van der Waals surface area contributed by atoms with E-state index >= 15 is 0 Å². The Labute approximate surface area is 299 Å². The van der Waals surface area contributed by atoms with Gasteiger partial charge in [-0.25, -0.2) is 19.2 Å². The zero-order valence-electron chi connectivity index (χ0n) is 31.1. The molecule has 51 heavy (non-hydrogen) atoms. The largest absolute Gasteiger partial charge is 0.456 e. The van der Waals surface area contributed by atoms with Crippen LogP contribution in [0, 0.1) is 6.92 Å². The van der Waals surface area contributed by atoms with Crippen LogP contribution < -0.4 is 0 Å². The summed E-state index contributed by atoms with van der Waals surface area (Å²) in [5, 5.41) is 0. The summed E-state index contributed by atoms with van der Waals surface area (Å²) in [4.78, 5) is 80.0. The molecule has 2 heterocycles. The average Bonchev–Trinajstić information content (AvgIpc) is 3.63. The second-order valence-electron chi connectivity index (χ2n) is 15.3. The van der Waals surface area contributed by atoms with Gasteiger partial charge in [-0.05, 0) is 105 Å². The van der Waals surface area contributed by atoms with E-state index in [1.165, 1.54) is 9.80 Å². The summed E-state index contributed by atoms with van der Waals surface area (Å²) >= 11 is 0. The van der Waals surface area contributed by atoms with Crippen molar-refractivity contribution in [2.75, 3.05) is 13.2 Å². The van der Waals surface area contributed by atoms with Crippen LogP contribution in [0.3, 0.4) is 0 Å². The molecule has 4 rings (SSSR count). The van der Waals surface area contributed by atoms with Crippen molar-refractivity contribution in [1.82, 2.24) is 9.80 Å². The second kappa shape index (κ2) is 15.7. The van der Waals surface area contributed by atoms with Gasteiger partial charge in [-0.3, -0.25) is 19.4 Å². The third kappa shape index (κ3) is 9.95. The second-order valence-corrected chi connectivity index (χ2v) is 15.3. The summed E-state index contributed by atoms with van der Waals surface area (Å²) in [5.74, 6) is -2.06. The fraction of sp³-hybridized carbons (Fsp3) is 0.538. The summed E-state index contributed by atoms with van der Waals surface area (Å²) in [6, 6.07) is 10.0. The fourth-order valence-electron chi connectivity index (χ4n) is 6.31. The van der Waals surface area contributed by atoms with E-state index in [0.717, 1.165) is 11.1 Å². The van der Waals surface area contributed by atoms with Gasteiger partial charge in [0.1, 0.15) is 23.3 Å². The minimum absolute atomic E-state index is 0.196. The molecule has 0 radical (unpaired) electrons. The summed E-state index contributed by atoms with van der Waals surface area (Å²) in [6.45, 7) is 15.1. The van der Waals surface area contributed by atoms with Gasteiger partial charge < -0.3 is 18.9 Å². The first-order valence-corrected chi connectivity index (χ1v) is 17.4. The number of amides is 2. The summed E-state index contributed by atoms with van der Waals surface area (Å²) < 4.78 is 21.7. The Morgan fingerprint density at radius 3 is 1.49 bits per heavy atom. The van der Waals surface area contributed by atoms with Crippen LogP contribution in [0.4, 0.5) is 9.59 Å². The molecule has 2 amide bonds. The highest BCUT2D eigenvalue weighted by molar-refractivity contribution is 6.00. The lowest BCUT2D eigenvalue weighted by Crippen LogP contribution is -2.47. The zero-order valence-corrected chi connectivity index (χ0v) is 31.1. The molecular weight excluding hydrogens is 656 g/mol. The number of Topliss-reactive ketones (excluding diaryl/α,β-unsaturated/α-hetero) is 2. The Morgan fingerprint density at radius 1 is 0.627 bits per heavy atom. The number of likely N-dealkylation sites (tertiary alicyclic amines) is 2. The number of nitrogens with zero attached hydrogens (tertiary/aromatic N) is 2. The molecule has 2 aromatic rings. The minimum Gasteiger partial charge on any atom is -0.456 e. The van der Waals surface area contributed by atoms with Crippen LogP contribution in [-0.4, -0.2) is 94.1 Å². The van der Waals surface area contributed by atoms with Gasteiger partial charge in [0.15, 0.2) is 19.0 Å². The number of hydrogen-bond acceptors (Lipinski definition) is 10. The molecule has 12 heteroatoms. The molecule has 2 aliphatic rings. The van der Waals surface area contributed by atoms with Gasteiger partial charge in [0, 0.05) is 23.2 Å². The lowest BCUT2D eigenvalue weighted by atomic mass is 9.97. The molecule has 0 aromatic heterocycles. The number of aryl methyl sites for hydroxylation is 1. The SMILES string of the molecule is Cc1cc(-c2ccc(C(=O)COC(=O)[C@@H]3CC[C@H](C)N3C(=O)OC(C)(C)C)cc2)ccc1C(=O)COC(=O)[C@@H]1CC[C@H](C)N1C(=O)OC(C)(C)C. The van der Waals surface area contributed by atoms with Crippen LogP contribution in [0.15, 0.2) is 42.5 Å². The molecule has 12 nitrogen and oxygen atoms in total. The first kappa shape index (κ1) is 39.1. The molecule has 0 N–H and O–H groups in total. The van der Waals surface area contributed by atoms with Gasteiger partial charge in [0.25, 0.3) is 0 Å². The van der Waals surface area contributed by atoms with Crippen molar-refractivity contribution in [1.29, 1.82) is 0 Å². The first-order chi connectivity index (χ1) is 23.8. The van der Waals surface area contributed by atoms with Crippen LogP contribution >= 0.6 is 0 Å². The average molecular weight is 707 g/mol. The highest BCUT2D eigenvalue weighted by Gasteiger charge is 2.43. The molecular formula is C39H50N2O10. The Hall–Kier alpha value is -4.74. The summed E-state index contributed by atoms with van der Waals surface area (Å²) in [7, 11) is 0. The van der Waals surface area contributed by atoms with Crippen molar-refractivity contribution in [2.45, 2.75) is 123 Å². The van der Waals surface area contributed by atoms with Gasteiger partial charge in [-0.1, -0.05) is 42.5 Å². The zero-order chi connectivity index (χ0) is 37.8. The molecule has 0 bridgehead atoms. The molecule has 2 fully saturated rings. The molecule has 0 spiro atoms. The fourth-order valence-corrected chi connectivity index (χ4v) is 6.31. The predicted octanol–water partition coefficient (Wildman–Crippen LogP) is 6.69. The van der Waals surface area contributed by atoms with Crippen LogP contribution in [0.1, 0.15) is 107 Å². The lowest BCUT2D eigenvalue weighted by molar-refractivity contribution is -0.148. The maximum Gasteiger partial charge on any atom is 0.411 e. The van der Waals surface area contributed by atoms with Crippen LogP contribution in [0.25, 0.3) is 11.1 Å². The van der Waals surface area contributed by atoms with E-state index in [0.29, 0.717) is 42.4 Å². The van der Waals surface area contributed by atoms with Crippen molar-refractivity contribution in [2.24, 2.45) is 0 Å². The molecule has 0 saturated carbocycles. The standard InChI is InChI=1S/C39H50N2O10/c1-23-20-28(16-17-29(23)33(43)22-49-35(45)31-19-11-25(3)41(31)37(47)51-39(7,8)9)26-12-14-27(15-13-26)32(42)21-48-34(44)30-18-10-24(2)40(30)36(46)50-38(4,5)6/h12-17,20,24-25,30-31H,10-11,18-19,21-22H2,1-9H3/t24-,25-,30-,31-/m0/s1. The number of carbonyl (C=O) groups is 6. The van der Waals surface area contributed by atoms with E-state index in [2.05, 4.69) is 0 Å². The van der Waals surface area contributed by atoms with Crippen molar-refractivity contribution >= 4 is 35.7 Å². The Bertz CT molecular complexity index is 1650. The molecule has 0 aliphatic carbocycles. The highest BCUT2D eigenvalue weighted by Crippen LogP contribution is 2.29. The smallest absolute Gasteiger partial charge is 0.411 e. The van der Waals surface area contributed by atoms with Gasteiger partial charge in [0.05, 0.1) is 0 Å². The predicted molar refractivity (Wildman–Crippen MR) is 188 cm³/mol. The Morgan fingerprint density at radius 2 is 1.06 bits per heavy atom. The molecule has 4 atom stereocenters. The molecule has 0 unspecified atom stereocenters. The number of ketones is 2. The third-order valence-electron chi connectivity index (χ3n) is 8.85. The van der Waals surface area contributed by atoms with Gasteiger partial charge in [-0.2, -0.15) is 0 Å². The number of ether oxygens (including phenoxy) is 4. The van der Waals surface area contributed by atoms with Gasteiger partial charge >= 0.3 is 24.1 Å². The molecule has 2 saturated heterocycles. The normalized spacial score (nSPS) is 20.5. The Kier molecular flexibility index (Phi) is 12.0. The van der Waals surface area contributed by atoms with E-state index in [9.17, 15) is 28.8 Å². The van der Waals surface area contributed by atoms with Crippen molar-refractivity contribution in [3.8, 4) is 11.1 Å². The highest BCUT2D eigenvalue weighted by atomic mass is 16.6. The van der Waals surface area contributed by atoms with E-state index in [4.69, 9.17) is 18.9 Å². The molecule has 276 valence electrons. The molecule has 2 aliphatic heterocycles. The van der Waals surface area contributed by atoms with Gasteiger partial charge in [-0.15, -0.1) is 0 Å². The maximum absolute atomic E-state index is 13.1. The van der Waals surface area contributed by atoms with Crippen molar-refractivity contribution < 1.29 is 47.7 Å². The third-order valence-corrected chi connectivity index (χ3v) is 8.85. The summed E-state index contributed by atoms with van der Waals surface area (Å²) in [5.41, 5.74) is 1.58. The lowest BCUT2D eigenvalue weighted by Gasteiger charge is -2.30. The van der Waals surface area contributed by atoms with Crippen molar-refractivity contribution in [3.63, 3.8) is 0 Å². The number of esters is 2.